The molecule has 1 heterocycles. The summed E-state index contributed by atoms with van der Waals surface area (Å²) in [7, 11) is 0. The summed E-state index contributed by atoms with van der Waals surface area (Å²) in [6, 6.07) is 6.51. The highest BCUT2D eigenvalue weighted by Crippen LogP contribution is 2.22. The Kier molecular flexibility index (Phi) is 4.34. The molecule has 1 aliphatic carbocycles. The van der Waals surface area contributed by atoms with E-state index in [4.69, 9.17) is 0 Å². The molecule has 1 aromatic heterocycles. The van der Waals surface area contributed by atoms with Crippen LogP contribution in [0.2, 0.25) is 0 Å². The van der Waals surface area contributed by atoms with Crippen molar-refractivity contribution in [2.75, 3.05) is 0 Å². The van der Waals surface area contributed by atoms with Gasteiger partial charge in [-0.05, 0) is 49.3 Å². The number of fused-ring (bicyclic) bond motifs is 1. The highest BCUT2D eigenvalue weighted by molar-refractivity contribution is 7.11. The molecule has 0 fully saturated rings. The summed E-state index contributed by atoms with van der Waals surface area (Å²) in [6.07, 6.45) is 7.20. The first-order valence-corrected chi connectivity index (χ1v) is 8.31. The van der Waals surface area contributed by atoms with Gasteiger partial charge in [-0.2, -0.15) is 0 Å². The smallest absolute Gasteiger partial charge is 0.224 e. The second-order valence-corrected chi connectivity index (χ2v) is 6.93. The lowest BCUT2D eigenvalue weighted by atomic mass is 9.90. The average Bonchev–Trinajstić information content (AvgIpc) is 2.91. The molecule has 2 aromatic rings. The van der Waals surface area contributed by atoms with E-state index in [-0.39, 0.29) is 5.91 Å². The van der Waals surface area contributed by atoms with Crippen LogP contribution in [0.4, 0.5) is 0 Å². The molecule has 0 spiro atoms. The fourth-order valence-electron chi connectivity index (χ4n) is 2.82. The van der Waals surface area contributed by atoms with Crippen LogP contribution in [0.1, 0.15) is 39.4 Å². The Hall–Kier alpha value is -1.68. The van der Waals surface area contributed by atoms with Gasteiger partial charge in [0.2, 0.25) is 5.91 Å². The predicted molar refractivity (Wildman–Crippen MR) is 85.5 cm³/mol. The molecule has 0 unspecified atom stereocenters. The third-order valence-corrected chi connectivity index (χ3v) is 4.82. The number of rotatable bonds is 4. The van der Waals surface area contributed by atoms with Crippen molar-refractivity contribution in [2.45, 2.75) is 45.6 Å². The van der Waals surface area contributed by atoms with Gasteiger partial charge in [0.05, 0.1) is 18.0 Å². The van der Waals surface area contributed by atoms with Crippen LogP contribution in [0, 0.1) is 6.92 Å². The molecule has 1 aliphatic rings. The topological polar surface area (TPSA) is 42.0 Å². The number of carbonyl (C=O) groups is 1. The molecule has 3 rings (SSSR count). The Morgan fingerprint density at radius 2 is 2.10 bits per heavy atom. The van der Waals surface area contributed by atoms with Crippen molar-refractivity contribution >= 4 is 17.2 Å². The Bertz CT molecular complexity index is 648. The summed E-state index contributed by atoms with van der Waals surface area (Å²) >= 11 is 1.63. The van der Waals surface area contributed by atoms with Gasteiger partial charge in [0.15, 0.2) is 0 Å². The van der Waals surface area contributed by atoms with Gasteiger partial charge in [-0.3, -0.25) is 4.79 Å². The van der Waals surface area contributed by atoms with Gasteiger partial charge in [-0.25, -0.2) is 4.98 Å². The lowest BCUT2D eigenvalue weighted by Crippen LogP contribution is -2.24. The van der Waals surface area contributed by atoms with Crippen molar-refractivity contribution in [2.24, 2.45) is 0 Å². The molecule has 4 heteroatoms. The molecule has 0 radical (unpaired) electrons. The largest absolute Gasteiger partial charge is 0.351 e. The van der Waals surface area contributed by atoms with Crippen LogP contribution >= 0.6 is 11.3 Å². The average molecular weight is 300 g/mol. The first-order valence-electron chi connectivity index (χ1n) is 7.49. The molecule has 0 aliphatic heterocycles. The van der Waals surface area contributed by atoms with Crippen molar-refractivity contribution in [1.82, 2.24) is 10.3 Å². The zero-order valence-electron chi connectivity index (χ0n) is 12.3. The Balaban J connectivity index is 1.57. The van der Waals surface area contributed by atoms with E-state index in [9.17, 15) is 4.79 Å². The van der Waals surface area contributed by atoms with E-state index in [1.165, 1.54) is 30.4 Å². The number of nitrogens with one attached hydrogen (secondary N) is 1. The summed E-state index contributed by atoms with van der Waals surface area (Å²) < 4.78 is 0. The third kappa shape index (κ3) is 3.70. The summed E-state index contributed by atoms with van der Waals surface area (Å²) in [5.41, 5.74) is 4.02. The number of hydrogen-bond acceptors (Lipinski definition) is 3. The van der Waals surface area contributed by atoms with Crippen molar-refractivity contribution in [1.29, 1.82) is 0 Å². The molecule has 1 aromatic carbocycles. The maximum atomic E-state index is 12.0. The van der Waals surface area contributed by atoms with Gasteiger partial charge in [-0.1, -0.05) is 18.2 Å². The molecule has 1 amide bonds. The van der Waals surface area contributed by atoms with E-state index in [1.807, 2.05) is 13.1 Å². The molecular weight excluding hydrogens is 280 g/mol. The van der Waals surface area contributed by atoms with Crippen LogP contribution in [0.15, 0.2) is 24.4 Å². The molecule has 3 nitrogen and oxygen atoms in total. The minimum atomic E-state index is 0.0804. The minimum absolute atomic E-state index is 0.0804. The number of amides is 1. The monoisotopic (exact) mass is 300 g/mol. The molecular formula is C17H20N2OS. The van der Waals surface area contributed by atoms with Gasteiger partial charge in [-0.15, -0.1) is 11.3 Å². The Morgan fingerprint density at radius 3 is 2.86 bits per heavy atom. The molecule has 0 saturated carbocycles. The van der Waals surface area contributed by atoms with Crippen molar-refractivity contribution in [3.8, 4) is 0 Å². The number of hydrogen-bond donors (Lipinski definition) is 1. The van der Waals surface area contributed by atoms with E-state index in [0.29, 0.717) is 13.0 Å². The molecule has 21 heavy (non-hydrogen) atoms. The molecule has 0 atom stereocenters. The number of carbonyl (C=O) groups excluding carboxylic acids is 1. The minimum Gasteiger partial charge on any atom is -0.351 e. The fourth-order valence-corrected chi connectivity index (χ4v) is 3.55. The molecule has 0 bridgehead atoms. The van der Waals surface area contributed by atoms with Crippen LogP contribution < -0.4 is 5.32 Å². The van der Waals surface area contributed by atoms with E-state index in [2.05, 4.69) is 28.5 Å². The molecule has 1 N–H and O–H groups in total. The second-order valence-electron chi connectivity index (χ2n) is 5.61. The molecule has 0 saturated heterocycles. The Morgan fingerprint density at radius 1 is 1.29 bits per heavy atom. The van der Waals surface area contributed by atoms with Crippen LogP contribution in [-0.2, 0) is 30.6 Å². The van der Waals surface area contributed by atoms with Crippen LogP contribution in [-0.4, -0.2) is 10.9 Å². The maximum Gasteiger partial charge on any atom is 0.224 e. The highest BCUT2D eigenvalue weighted by atomic mass is 32.1. The van der Waals surface area contributed by atoms with Crippen molar-refractivity contribution < 1.29 is 4.79 Å². The summed E-state index contributed by atoms with van der Waals surface area (Å²) in [5.74, 6) is 0.0804. The summed E-state index contributed by atoms with van der Waals surface area (Å²) in [5, 5.41) is 4.01. The zero-order valence-corrected chi connectivity index (χ0v) is 13.1. The van der Waals surface area contributed by atoms with Gasteiger partial charge in [0, 0.05) is 11.1 Å². The molecule has 110 valence electrons. The standard InChI is InChI=1S/C17H20N2OS/c1-12-18-10-16(21-12)11-19-17(20)9-13-6-7-14-4-2-3-5-15(14)8-13/h6-8,10H,2-5,9,11H2,1H3,(H,19,20). The number of aromatic nitrogens is 1. The van der Waals surface area contributed by atoms with Crippen LogP contribution in [0.3, 0.4) is 0 Å². The SMILES string of the molecule is Cc1ncc(CNC(=O)Cc2ccc3c(c2)CCCC3)s1. The van der Waals surface area contributed by atoms with E-state index in [1.54, 1.807) is 11.3 Å². The quantitative estimate of drug-likeness (QED) is 0.942. The zero-order chi connectivity index (χ0) is 14.7. The van der Waals surface area contributed by atoms with Gasteiger partial charge in [0.25, 0.3) is 0 Å². The first kappa shape index (κ1) is 14.3. The van der Waals surface area contributed by atoms with Crippen LogP contribution in [0.5, 0.6) is 0 Å². The fraction of sp³-hybridized carbons (Fsp3) is 0.412. The highest BCUT2D eigenvalue weighted by Gasteiger charge is 2.11. The maximum absolute atomic E-state index is 12.0. The number of nitrogens with zero attached hydrogens (tertiary/aromatic N) is 1. The van der Waals surface area contributed by atoms with E-state index < -0.39 is 0 Å². The third-order valence-electron chi connectivity index (χ3n) is 3.91. The number of benzene rings is 1. The second kappa shape index (κ2) is 6.39. The van der Waals surface area contributed by atoms with Crippen LogP contribution in [0.25, 0.3) is 0 Å². The number of aryl methyl sites for hydroxylation is 3. The summed E-state index contributed by atoms with van der Waals surface area (Å²) in [6.45, 7) is 2.55. The normalized spacial score (nSPS) is 13.8. The first-order chi connectivity index (χ1) is 10.2. The Labute approximate surface area is 129 Å². The summed E-state index contributed by atoms with van der Waals surface area (Å²) in [4.78, 5) is 17.3. The predicted octanol–water partition coefficient (Wildman–Crippen LogP) is 3.19. The number of thiazole rings is 1. The lowest BCUT2D eigenvalue weighted by Gasteiger charge is -2.16. The van der Waals surface area contributed by atoms with E-state index in [0.717, 1.165) is 21.9 Å². The van der Waals surface area contributed by atoms with E-state index >= 15 is 0 Å². The van der Waals surface area contributed by atoms with Crippen molar-refractivity contribution in [3.05, 3.63) is 51.0 Å². The van der Waals surface area contributed by atoms with Gasteiger partial charge < -0.3 is 5.32 Å². The van der Waals surface area contributed by atoms with Crippen molar-refractivity contribution in [3.63, 3.8) is 0 Å². The van der Waals surface area contributed by atoms with Gasteiger partial charge >= 0.3 is 0 Å². The lowest BCUT2D eigenvalue weighted by molar-refractivity contribution is -0.120. The van der Waals surface area contributed by atoms with Gasteiger partial charge in [0.1, 0.15) is 0 Å².